The van der Waals surface area contributed by atoms with Crippen LogP contribution in [0.15, 0.2) is 28.9 Å². The van der Waals surface area contributed by atoms with Crippen LogP contribution in [0.4, 0.5) is 0 Å². The van der Waals surface area contributed by atoms with E-state index in [1.807, 2.05) is 18.2 Å². The second kappa shape index (κ2) is 6.25. The van der Waals surface area contributed by atoms with Gasteiger partial charge >= 0.3 is 5.97 Å². The number of hydrogen-bond acceptors (Lipinski definition) is 3. The summed E-state index contributed by atoms with van der Waals surface area (Å²) in [5.74, 6) is -1.30. The van der Waals surface area contributed by atoms with Gasteiger partial charge in [-0.2, -0.15) is 0 Å². The van der Waals surface area contributed by atoms with E-state index in [9.17, 15) is 14.7 Å². The Morgan fingerprint density at radius 1 is 1.60 bits per heavy atom. The molecule has 0 aromatic rings. The Morgan fingerprint density at radius 3 is 3.00 bits per heavy atom. The topological polar surface area (TPSA) is 106 Å². The third-order valence-corrected chi connectivity index (χ3v) is 3.57. The summed E-state index contributed by atoms with van der Waals surface area (Å²) in [6.07, 6.45) is 7.26. The van der Waals surface area contributed by atoms with Crippen LogP contribution in [-0.2, 0) is 9.59 Å². The first kappa shape index (κ1) is 14.1. The molecule has 1 amide bonds. The Bertz CT molecular complexity index is 520. The van der Waals surface area contributed by atoms with Gasteiger partial charge in [0.25, 0.3) is 0 Å². The molecule has 1 aliphatic carbocycles. The van der Waals surface area contributed by atoms with Gasteiger partial charge in [0.05, 0.1) is 0 Å². The van der Waals surface area contributed by atoms with Crippen LogP contribution in [0.1, 0.15) is 19.3 Å². The predicted octanol–water partition coefficient (Wildman–Crippen LogP) is 1.87. The number of carbonyl (C=O) groups is 2. The second-order valence-corrected chi connectivity index (χ2v) is 4.96. The Labute approximate surface area is 116 Å². The number of likely N-dealkylation sites (tertiary alicyclic amines) is 1. The fourth-order valence-corrected chi connectivity index (χ4v) is 2.67. The summed E-state index contributed by atoms with van der Waals surface area (Å²) in [6.45, 7) is 0.555. The smallest absolute Gasteiger partial charge is 0.330 e. The molecule has 0 saturated carbocycles. The van der Waals surface area contributed by atoms with Gasteiger partial charge in [-0.1, -0.05) is 23.3 Å². The Hall–Kier alpha value is -2.27. The average Bonchev–Trinajstić information content (AvgIpc) is 2.79. The van der Waals surface area contributed by atoms with Gasteiger partial charge in [0.2, 0.25) is 5.91 Å². The average molecular weight is 276 g/mol. The van der Waals surface area contributed by atoms with Crippen molar-refractivity contribution in [3.05, 3.63) is 34.2 Å². The maximum Gasteiger partial charge on any atom is 0.330 e. The third-order valence-electron chi connectivity index (χ3n) is 3.57. The van der Waals surface area contributed by atoms with Gasteiger partial charge in [-0.25, -0.2) is 4.79 Å². The molecular formula is C13H16N4O3. The number of allylic oxidation sites excluding steroid dienone is 3. The zero-order chi connectivity index (χ0) is 14.5. The van der Waals surface area contributed by atoms with Crippen molar-refractivity contribution < 1.29 is 14.7 Å². The molecule has 7 heteroatoms. The minimum Gasteiger partial charge on any atom is -0.479 e. The lowest BCUT2D eigenvalue weighted by Crippen LogP contribution is -2.43. The van der Waals surface area contributed by atoms with Crippen LogP contribution < -0.4 is 0 Å². The molecule has 106 valence electrons. The summed E-state index contributed by atoms with van der Waals surface area (Å²) in [6, 6.07) is -0.900. The van der Waals surface area contributed by atoms with E-state index in [4.69, 9.17) is 5.53 Å². The first-order chi connectivity index (χ1) is 9.63. The van der Waals surface area contributed by atoms with Crippen molar-refractivity contribution >= 4 is 11.9 Å². The number of amides is 1. The predicted molar refractivity (Wildman–Crippen MR) is 71.7 cm³/mol. The lowest BCUT2D eigenvalue weighted by atomic mass is 9.97. The van der Waals surface area contributed by atoms with Crippen LogP contribution >= 0.6 is 0 Å². The summed E-state index contributed by atoms with van der Waals surface area (Å²) >= 11 is 0. The largest absolute Gasteiger partial charge is 0.479 e. The Kier molecular flexibility index (Phi) is 4.42. The fraction of sp³-hybridized carbons (Fsp3) is 0.538. The lowest BCUT2D eigenvalue weighted by molar-refractivity contribution is -0.146. The lowest BCUT2D eigenvalue weighted by Gasteiger charge is -2.27. The molecule has 0 aromatic carbocycles. The first-order valence-electron chi connectivity index (χ1n) is 6.50. The number of azide groups is 1. The molecule has 0 spiro atoms. The van der Waals surface area contributed by atoms with Crippen molar-refractivity contribution in [2.24, 2.45) is 11.0 Å². The van der Waals surface area contributed by atoms with Gasteiger partial charge in [-0.15, -0.1) is 0 Å². The van der Waals surface area contributed by atoms with Crippen LogP contribution in [0.2, 0.25) is 0 Å². The normalized spacial score (nSPS) is 23.2. The number of aliphatic carboxylic acids is 1. The van der Waals surface area contributed by atoms with Crippen LogP contribution in [0.25, 0.3) is 10.4 Å². The van der Waals surface area contributed by atoms with E-state index in [1.54, 1.807) is 0 Å². The van der Waals surface area contributed by atoms with Gasteiger partial charge in [-0.05, 0) is 29.9 Å². The van der Waals surface area contributed by atoms with Crippen molar-refractivity contribution in [1.82, 2.24) is 4.90 Å². The highest BCUT2D eigenvalue weighted by Crippen LogP contribution is 2.27. The zero-order valence-electron chi connectivity index (χ0n) is 11.0. The zero-order valence-corrected chi connectivity index (χ0v) is 11.0. The number of carbonyl (C=O) groups excluding carboxylic acids is 1. The highest BCUT2D eigenvalue weighted by Gasteiger charge is 2.38. The first-order valence-corrected chi connectivity index (χ1v) is 6.50. The van der Waals surface area contributed by atoms with E-state index in [1.165, 1.54) is 4.90 Å². The minimum atomic E-state index is -1.01. The van der Waals surface area contributed by atoms with E-state index < -0.39 is 12.0 Å². The quantitative estimate of drug-likeness (QED) is 0.358. The van der Waals surface area contributed by atoms with Gasteiger partial charge in [-0.3, -0.25) is 4.79 Å². The molecule has 0 bridgehead atoms. The molecule has 2 rings (SSSR count). The molecular weight excluding hydrogens is 260 g/mol. The maximum absolute atomic E-state index is 12.0. The summed E-state index contributed by atoms with van der Waals surface area (Å²) in [7, 11) is 0. The molecule has 1 N–H and O–H groups in total. The summed E-state index contributed by atoms with van der Waals surface area (Å²) < 4.78 is 0. The molecule has 1 fully saturated rings. The summed E-state index contributed by atoms with van der Waals surface area (Å²) in [4.78, 5) is 27.6. The van der Waals surface area contributed by atoms with E-state index in [-0.39, 0.29) is 24.8 Å². The van der Waals surface area contributed by atoms with Crippen LogP contribution in [-0.4, -0.2) is 41.0 Å². The second-order valence-electron chi connectivity index (χ2n) is 4.96. The molecule has 1 unspecified atom stereocenters. The van der Waals surface area contributed by atoms with E-state index in [0.717, 1.165) is 5.57 Å². The highest BCUT2D eigenvalue weighted by molar-refractivity contribution is 5.87. The van der Waals surface area contributed by atoms with Crippen LogP contribution in [0, 0.1) is 5.92 Å². The van der Waals surface area contributed by atoms with Crippen LogP contribution in [0.3, 0.4) is 0 Å². The monoisotopic (exact) mass is 276 g/mol. The van der Waals surface area contributed by atoms with E-state index in [0.29, 0.717) is 19.4 Å². The number of carboxylic acids is 1. The van der Waals surface area contributed by atoms with Gasteiger partial charge in [0, 0.05) is 24.4 Å². The number of hydrogen-bond donors (Lipinski definition) is 1. The van der Waals surface area contributed by atoms with E-state index >= 15 is 0 Å². The SMILES string of the molecule is [N-]=[N+]=NCC1CC(=O)N([C@@H](C(=O)O)C2=CCC=CC2)C1. The summed E-state index contributed by atoms with van der Waals surface area (Å²) in [5, 5.41) is 12.9. The minimum absolute atomic E-state index is 0.0972. The number of rotatable bonds is 5. The molecule has 0 radical (unpaired) electrons. The van der Waals surface area contributed by atoms with Gasteiger partial charge < -0.3 is 10.0 Å². The molecule has 2 atom stereocenters. The molecule has 2 aliphatic rings. The highest BCUT2D eigenvalue weighted by atomic mass is 16.4. The molecule has 0 aromatic heterocycles. The maximum atomic E-state index is 12.0. The molecule has 1 saturated heterocycles. The number of nitrogens with zero attached hydrogens (tertiary/aromatic N) is 4. The third kappa shape index (κ3) is 3.00. The van der Waals surface area contributed by atoms with Gasteiger partial charge in [0.15, 0.2) is 6.04 Å². The van der Waals surface area contributed by atoms with Crippen LogP contribution in [0.5, 0.6) is 0 Å². The Balaban J connectivity index is 2.14. The van der Waals surface area contributed by atoms with Crippen molar-refractivity contribution in [1.29, 1.82) is 0 Å². The molecule has 1 heterocycles. The van der Waals surface area contributed by atoms with Crippen molar-refractivity contribution in [3.8, 4) is 0 Å². The molecule has 7 nitrogen and oxygen atoms in total. The molecule has 20 heavy (non-hydrogen) atoms. The van der Waals surface area contributed by atoms with Gasteiger partial charge in [0.1, 0.15) is 0 Å². The number of carboxylic acid groups (broad SMARTS) is 1. The summed E-state index contributed by atoms with van der Waals surface area (Å²) in [5.41, 5.74) is 9.06. The van der Waals surface area contributed by atoms with E-state index in [2.05, 4.69) is 10.0 Å². The van der Waals surface area contributed by atoms with Crippen molar-refractivity contribution in [2.75, 3.05) is 13.1 Å². The van der Waals surface area contributed by atoms with Crippen molar-refractivity contribution in [2.45, 2.75) is 25.3 Å². The standard InChI is InChI=1S/C13H16N4O3/c14-16-15-7-9-6-11(18)17(8-9)12(13(19)20)10-4-2-1-3-5-10/h1-2,5,9,12H,3-4,6-8H2,(H,19,20)/t9?,12-/m1/s1. The molecule has 1 aliphatic heterocycles. The van der Waals surface area contributed by atoms with Crippen molar-refractivity contribution in [3.63, 3.8) is 0 Å². The fourth-order valence-electron chi connectivity index (χ4n) is 2.67. The Morgan fingerprint density at radius 2 is 2.40 bits per heavy atom.